The highest BCUT2D eigenvalue weighted by molar-refractivity contribution is 9.09. The van der Waals surface area contributed by atoms with Crippen LogP contribution in [0.5, 0.6) is 0 Å². The van der Waals surface area contributed by atoms with Crippen molar-refractivity contribution >= 4 is 27.5 Å². The van der Waals surface area contributed by atoms with Gasteiger partial charge in [-0.2, -0.15) is 0 Å². The zero-order valence-corrected chi connectivity index (χ0v) is 12.1. The molecular formula is C14H16BrNO3. The van der Waals surface area contributed by atoms with Gasteiger partial charge in [0, 0.05) is 12.1 Å². The minimum absolute atomic E-state index is 0.0463. The molecule has 1 amide bonds. The molecule has 4 nitrogen and oxygen atoms in total. The van der Waals surface area contributed by atoms with Crippen molar-refractivity contribution in [1.29, 1.82) is 0 Å². The predicted octanol–water partition coefficient (Wildman–Crippen LogP) is 2.42. The number of halogens is 1. The Balaban J connectivity index is 1.79. The van der Waals surface area contributed by atoms with Crippen molar-refractivity contribution in [3.63, 3.8) is 0 Å². The van der Waals surface area contributed by atoms with E-state index in [1.54, 1.807) is 0 Å². The van der Waals surface area contributed by atoms with Crippen LogP contribution in [0.25, 0.3) is 0 Å². The molecule has 2 aliphatic rings. The second kappa shape index (κ2) is 5.61. The molecule has 19 heavy (non-hydrogen) atoms. The van der Waals surface area contributed by atoms with E-state index in [4.69, 9.17) is 9.47 Å². The van der Waals surface area contributed by atoms with E-state index < -0.39 is 0 Å². The zero-order valence-electron chi connectivity index (χ0n) is 10.5. The van der Waals surface area contributed by atoms with Crippen LogP contribution in [0, 0.1) is 0 Å². The topological polar surface area (TPSA) is 47.6 Å². The molecule has 0 spiro atoms. The van der Waals surface area contributed by atoms with Gasteiger partial charge in [-0.1, -0.05) is 28.1 Å². The molecule has 3 rings (SSSR count). The van der Waals surface area contributed by atoms with Crippen molar-refractivity contribution in [1.82, 2.24) is 0 Å². The number of nitrogens with one attached hydrogen (secondary N) is 1. The van der Waals surface area contributed by atoms with Crippen LogP contribution in [-0.2, 0) is 20.7 Å². The fourth-order valence-electron chi connectivity index (χ4n) is 2.46. The van der Waals surface area contributed by atoms with Gasteiger partial charge in [0.2, 0.25) is 5.91 Å². The highest BCUT2D eigenvalue weighted by Crippen LogP contribution is 2.33. The molecule has 2 atom stereocenters. The maximum absolute atomic E-state index is 11.3. The Morgan fingerprint density at radius 2 is 2.21 bits per heavy atom. The molecule has 5 heteroatoms. The van der Waals surface area contributed by atoms with Crippen LogP contribution in [0.1, 0.15) is 22.4 Å². The van der Waals surface area contributed by atoms with E-state index in [1.165, 1.54) is 11.1 Å². The second-order valence-corrected chi connectivity index (χ2v) is 5.84. The third kappa shape index (κ3) is 2.83. The van der Waals surface area contributed by atoms with E-state index in [0.717, 1.165) is 12.1 Å². The van der Waals surface area contributed by atoms with Gasteiger partial charge in [-0.15, -0.1) is 0 Å². The number of ether oxygens (including phenoxy) is 2. The number of aryl methyl sites for hydroxylation is 1. The summed E-state index contributed by atoms with van der Waals surface area (Å²) in [5, 5.41) is 2.90. The van der Waals surface area contributed by atoms with Crippen LogP contribution < -0.4 is 5.32 Å². The number of anilines is 1. The Labute approximate surface area is 120 Å². The molecule has 0 radical (unpaired) electrons. The molecule has 1 N–H and O–H groups in total. The van der Waals surface area contributed by atoms with Crippen molar-refractivity contribution in [3.8, 4) is 0 Å². The number of benzene rings is 1. The summed E-state index contributed by atoms with van der Waals surface area (Å²) in [5.41, 5.74) is 3.30. The van der Waals surface area contributed by atoms with Gasteiger partial charge in [-0.25, -0.2) is 0 Å². The summed E-state index contributed by atoms with van der Waals surface area (Å²) in [6.45, 7) is 1.93. The van der Waals surface area contributed by atoms with Crippen molar-refractivity contribution in [2.24, 2.45) is 0 Å². The Kier molecular flexibility index (Phi) is 3.86. The Morgan fingerprint density at radius 1 is 1.32 bits per heavy atom. The number of hydrogen-bond acceptors (Lipinski definition) is 3. The summed E-state index contributed by atoms with van der Waals surface area (Å²) in [6.07, 6.45) is 1.41. The van der Waals surface area contributed by atoms with Crippen molar-refractivity contribution in [3.05, 3.63) is 29.3 Å². The SMILES string of the molecule is O=C1CCc2cc(C(Br)C3COCCO3)ccc2N1. The maximum atomic E-state index is 11.3. The number of alkyl halides is 1. The quantitative estimate of drug-likeness (QED) is 0.849. The summed E-state index contributed by atoms with van der Waals surface area (Å²) >= 11 is 3.69. The second-order valence-electron chi connectivity index (χ2n) is 4.85. The average molecular weight is 326 g/mol. The van der Waals surface area contributed by atoms with Gasteiger partial charge >= 0.3 is 0 Å². The molecule has 1 aromatic rings. The standard InChI is InChI=1S/C14H16BrNO3/c15-14(12-8-18-5-6-19-12)10-1-3-11-9(7-10)2-4-13(17)16-11/h1,3,7,12,14H,2,4-6,8H2,(H,16,17). The van der Waals surface area contributed by atoms with E-state index in [0.29, 0.717) is 26.2 Å². The van der Waals surface area contributed by atoms with Gasteiger partial charge in [-0.05, 0) is 23.6 Å². The van der Waals surface area contributed by atoms with E-state index in [-0.39, 0.29) is 16.8 Å². The van der Waals surface area contributed by atoms with Crippen LogP contribution in [-0.4, -0.2) is 31.8 Å². The summed E-state index contributed by atoms with van der Waals surface area (Å²) in [6, 6.07) is 6.15. The molecule has 0 saturated carbocycles. The van der Waals surface area contributed by atoms with Crippen molar-refractivity contribution in [2.45, 2.75) is 23.8 Å². The third-order valence-electron chi connectivity index (χ3n) is 3.51. The fourth-order valence-corrected chi connectivity index (χ4v) is 3.05. The number of carbonyl (C=O) groups is 1. The Bertz CT molecular complexity index is 486. The first-order chi connectivity index (χ1) is 9.24. The highest BCUT2D eigenvalue weighted by Gasteiger charge is 2.25. The normalized spacial score (nSPS) is 24.5. The van der Waals surface area contributed by atoms with Crippen LogP contribution >= 0.6 is 15.9 Å². The highest BCUT2D eigenvalue weighted by atomic mass is 79.9. The minimum Gasteiger partial charge on any atom is -0.376 e. The van der Waals surface area contributed by atoms with Crippen molar-refractivity contribution in [2.75, 3.05) is 25.1 Å². The van der Waals surface area contributed by atoms with E-state index in [1.807, 2.05) is 12.1 Å². The van der Waals surface area contributed by atoms with E-state index >= 15 is 0 Å². The minimum atomic E-state index is 0.0463. The lowest BCUT2D eigenvalue weighted by atomic mass is 9.98. The van der Waals surface area contributed by atoms with Gasteiger partial charge in [0.05, 0.1) is 30.8 Å². The lowest BCUT2D eigenvalue weighted by Crippen LogP contribution is -2.31. The molecule has 2 aliphatic heterocycles. The number of hydrogen-bond donors (Lipinski definition) is 1. The van der Waals surface area contributed by atoms with Gasteiger partial charge in [-0.3, -0.25) is 4.79 Å². The molecule has 2 heterocycles. The summed E-state index contributed by atoms with van der Waals surface area (Å²) in [4.78, 5) is 11.5. The Morgan fingerprint density at radius 3 is 3.00 bits per heavy atom. The molecule has 1 fully saturated rings. The smallest absolute Gasteiger partial charge is 0.224 e. The lowest BCUT2D eigenvalue weighted by Gasteiger charge is -2.28. The van der Waals surface area contributed by atoms with Gasteiger partial charge in [0.15, 0.2) is 0 Å². The molecular weight excluding hydrogens is 310 g/mol. The van der Waals surface area contributed by atoms with E-state index in [2.05, 4.69) is 27.3 Å². The van der Waals surface area contributed by atoms with Gasteiger partial charge < -0.3 is 14.8 Å². The van der Waals surface area contributed by atoms with Crippen LogP contribution in [0.2, 0.25) is 0 Å². The first kappa shape index (κ1) is 13.1. The molecule has 0 aliphatic carbocycles. The molecule has 1 saturated heterocycles. The summed E-state index contributed by atoms with van der Waals surface area (Å²) in [7, 11) is 0. The average Bonchev–Trinajstić information content (AvgIpc) is 2.47. The first-order valence-corrected chi connectivity index (χ1v) is 7.42. The molecule has 102 valence electrons. The van der Waals surface area contributed by atoms with Gasteiger partial charge in [0.25, 0.3) is 0 Å². The van der Waals surface area contributed by atoms with Crippen LogP contribution in [0.15, 0.2) is 18.2 Å². The van der Waals surface area contributed by atoms with Crippen LogP contribution in [0.3, 0.4) is 0 Å². The third-order valence-corrected chi connectivity index (χ3v) is 4.63. The van der Waals surface area contributed by atoms with Gasteiger partial charge in [0.1, 0.15) is 0 Å². The lowest BCUT2D eigenvalue weighted by molar-refractivity contribution is -0.116. The largest absolute Gasteiger partial charge is 0.376 e. The number of amides is 1. The Hall–Kier alpha value is -0.910. The van der Waals surface area contributed by atoms with Crippen molar-refractivity contribution < 1.29 is 14.3 Å². The molecule has 0 bridgehead atoms. The fraction of sp³-hybridized carbons (Fsp3) is 0.500. The summed E-state index contributed by atoms with van der Waals surface area (Å²) < 4.78 is 11.2. The predicted molar refractivity (Wildman–Crippen MR) is 75.6 cm³/mol. The summed E-state index contributed by atoms with van der Waals surface area (Å²) in [5.74, 6) is 0.0969. The number of fused-ring (bicyclic) bond motifs is 1. The number of rotatable bonds is 2. The zero-order chi connectivity index (χ0) is 13.2. The molecule has 0 aromatic heterocycles. The first-order valence-electron chi connectivity index (χ1n) is 6.50. The number of carbonyl (C=O) groups excluding carboxylic acids is 1. The molecule has 2 unspecified atom stereocenters. The molecule has 1 aromatic carbocycles. The maximum Gasteiger partial charge on any atom is 0.224 e. The monoisotopic (exact) mass is 325 g/mol. The van der Waals surface area contributed by atoms with Crippen LogP contribution in [0.4, 0.5) is 5.69 Å². The van der Waals surface area contributed by atoms with E-state index in [9.17, 15) is 4.79 Å².